The first-order valence-electron chi connectivity index (χ1n) is 12.6. The zero-order valence-electron chi connectivity index (χ0n) is 22.5. The van der Waals surface area contributed by atoms with Crippen LogP contribution in [0.1, 0.15) is 38.7 Å². The molecule has 0 aromatic heterocycles. The number of ether oxygens (including phenoxy) is 2. The minimum Gasteiger partial charge on any atom is -0.507 e. The number of aliphatic hydroxyl groups excluding tert-OH is 1. The summed E-state index contributed by atoms with van der Waals surface area (Å²) in [5.41, 5.74) is 3.51. The first-order valence-corrected chi connectivity index (χ1v) is 12.6. The fraction of sp³-hybridized carbons (Fsp3) is 0.258. The number of aryl methyl sites for hydroxylation is 1. The summed E-state index contributed by atoms with van der Waals surface area (Å²) < 4.78 is 10.7. The molecule has 0 aliphatic carbocycles. The molecular formula is C31H32N2O6. The van der Waals surface area contributed by atoms with Gasteiger partial charge in [0.05, 0.1) is 24.3 Å². The lowest BCUT2D eigenvalue weighted by atomic mass is 9.94. The van der Waals surface area contributed by atoms with E-state index in [1.54, 1.807) is 48.5 Å². The Hall–Kier alpha value is -4.43. The number of methoxy groups -OCH3 is 1. The molecule has 202 valence electrons. The van der Waals surface area contributed by atoms with Gasteiger partial charge >= 0.3 is 5.97 Å². The lowest BCUT2D eigenvalue weighted by molar-refractivity contribution is -0.140. The maximum Gasteiger partial charge on any atom is 0.337 e. The van der Waals surface area contributed by atoms with Crippen molar-refractivity contribution in [3.63, 3.8) is 0 Å². The van der Waals surface area contributed by atoms with Gasteiger partial charge in [0.1, 0.15) is 18.1 Å². The Morgan fingerprint density at radius 2 is 1.64 bits per heavy atom. The van der Waals surface area contributed by atoms with Crippen LogP contribution in [0.4, 0.5) is 0 Å². The molecule has 1 unspecified atom stereocenters. The molecule has 0 spiro atoms. The van der Waals surface area contributed by atoms with Gasteiger partial charge in [-0.1, -0.05) is 42.0 Å². The van der Waals surface area contributed by atoms with E-state index in [0.29, 0.717) is 35.6 Å². The minimum atomic E-state index is -0.811. The number of amides is 1. The molecule has 1 amide bonds. The Kier molecular flexibility index (Phi) is 8.46. The van der Waals surface area contributed by atoms with Gasteiger partial charge in [-0.3, -0.25) is 9.59 Å². The summed E-state index contributed by atoms with van der Waals surface area (Å²) in [6.45, 7) is 3.22. The topological polar surface area (TPSA) is 96.4 Å². The van der Waals surface area contributed by atoms with Crippen LogP contribution in [0.3, 0.4) is 0 Å². The zero-order chi connectivity index (χ0) is 28.1. The smallest absolute Gasteiger partial charge is 0.337 e. The predicted octanol–water partition coefficient (Wildman–Crippen LogP) is 4.34. The van der Waals surface area contributed by atoms with Crippen LogP contribution >= 0.6 is 0 Å². The average molecular weight is 529 g/mol. The molecule has 1 saturated heterocycles. The van der Waals surface area contributed by atoms with E-state index in [-0.39, 0.29) is 17.9 Å². The van der Waals surface area contributed by atoms with E-state index < -0.39 is 23.7 Å². The number of carbonyl (C=O) groups excluding carboxylic acids is 3. The molecule has 39 heavy (non-hydrogen) atoms. The summed E-state index contributed by atoms with van der Waals surface area (Å²) in [6, 6.07) is 20.5. The van der Waals surface area contributed by atoms with Gasteiger partial charge < -0.3 is 24.4 Å². The Morgan fingerprint density at radius 3 is 2.26 bits per heavy atom. The SMILES string of the molecule is COC(=O)c1ccc(C2C(=C(O)c3ccc(OCc4cccc(C)c4)cc3)C(=O)C(=O)N2CCN(C)C)cc1. The quantitative estimate of drug-likeness (QED) is 0.191. The number of benzene rings is 3. The van der Waals surface area contributed by atoms with Crippen LogP contribution in [0.5, 0.6) is 5.75 Å². The van der Waals surface area contributed by atoms with Crippen LogP contribution in [0.2, 0.25) is 0 Å². The third kappa shape index (κ3) is 6.18. The van der Waals surface area contributed by atoms with Gasteiger partial charge in [0.15, 0.2) is 0 Å². The zero-order valence-corrected chi connectivity index (χ0v) is 22.5. The fourth-order valence-corrected chi connectivity index (χ4v) is 4.52. The van der Waals surface area contributed by atoms with Crippen molar-refractivity contribution in [1.29, 1.82) is 0 Å². The third-order valence-electron chi connectivity index (χ3n) is 6.59. The van der Waals surface area contributed by atoms with Gasteiger partial charge in [-0.05, 0) is 68.5 Å². The number of likely N-dealkylation sites (N-methyl/N-ethyl adjacent to an activating group) is 1. The number of aliphatic hydroxyl groups is 1. The Bertz CT molecular complexity index is 1390. The summed E-state index contributed by atoms with van der Waals surface area (Å²) in [5, 5.41) is 11.3. The van der Waals surface area contributed by atoms with Gasteiger partial charge in [0.25, 0.3) is 11.7 Å². The summed E-state index contributed by atoms with van der Waals surface area (Å²) in [5.74, 6) is -1.60. The van der Waals surface area contributed by atoms with Gasteiger partial charge in [-0.15, -0.1) is 0 Å². The molecule has 1 aliphatic rings. The number of Topliss-reactive ketones (excluding diaryl/α,β-unsaturated/α-hetero) is 1. The highest BCUT2D eigenvalue weighted by atomic mass is 16.5. The van der Waals surface area contributed by atoms with Crippen LogP contribution in [0, 0.1) is 6.92 Å². The second-order valence-electron chi connectivity index (χ2n) is 9.71. The van der Waals surface area contributed by atoms with E-state index in [9.17, 15) is 19.5 Å². The van der Waals surface area contributed by atoms with Crippen molar-refractivity contribution in [1.82, 2.24) is 9.80 Å². The number of hydrogen-bond donors (Lipinski definition) is 1. The van der Waals surface area contributed by atoms with Crippen LogP contribution < -0.4 is 4.74 Å². The number of carbonyl (C=O) groups is 3. The minimum absolute atomic E-state index is 0.00185. The molecule has 0 saturated carbocycles. The fourth-order valence-electron chi connectivity index (χ4n) is 4.52. The van der Waals surface area contributed by atoms with Crippen LogP contribution in [-0.4, -0.2) is 66.9 Å². The standard InChI is InChI=1S/C31H32N2O6/c1-20-6-5-7-21(18-20)19-39-25-14-12-23(13-15-25)28(34)26-27(22-8-10-24(11-9-22)31(37)38-4)33(17-16-32(2)3)30(36)29(26)35/h5-15,18,27,34H,16-17,19H2,1-4H3. The van der Waals surface area contributed by atoms with Crippen molar-refractivity contribution in [2.75, 3.05) is 34.3 Å². The number of ketones is 1. The molecule has 0 radical (unpaired) electrons. The lowest BCUT2D eigenvalue weighted by Gasteiger charge is -2.26. The number of likely N-dealkylation sites (tertiary alicyclic amines) is 1. The van der Waals surface area contributed by atoms with E-state index in [4.69, 9.17) is 9.47 Å². The highest BCUT2D eigenvalue weighted by molar-refractivity contribution is 6.46. The third-order valence-corrected chi connectivity index (χ3v) is 6.59. The van der Waals surface area contributed by atoms with E-state index in [0.717, 1.165) is 11.1 Å². The van der Waals surface area contributed by atoms with Crippen molar-refractivity contribution in [2.24, 2.45) is 0 Å². The largest absolute Gasteiger partial charge is 0.507 e. The van der Waals surface area contributed by atoms with Gasteiger partial charge in [-0.25, -0.2) is 4.79 Å². The second-order valence-corrected chi connectivity index (χ2v) is 9.71. The molecule has 1 N–H and O–H groups in total. The normalized spacial score (nSPS) is 16.5. The van der Waals surface area contributed by atoms with E-state index in [1.165, 1.54) is 12.0 Å². The molecule has 0 bridgehead atoms. The summed E-state index contributed by atoms with van der Waals surface area (Å²) >= 11 is 0. The van der Waals surface area contributed by atoms with Crippen molar-refractivity contribution in [2.45, 2.75) is 19.6 Å². The Morgan fingerprint density at radius 1 is 0.974 bits per heavy atom. The number of hydrogen-bond acceptors (Lipinski definition) is 7. The average Bonchev–Trinajstić information content (AvgIpc) is 3.19. The summed E-state index contributed by atoms with van der Waals surface area (Å²) in [7, 11) is 5.05. The Balaban J connectivity index is 1.66. The second kappa shape index (κ2) is 12.0. The van der Waals surface area contributed by atoms with Crippen molar-refractivity contribution in [3.8, 4) is 5.75 Å². The molecular weight excluding hydrogens is 496 g/mol. The van der Waals surface area contributed by atoms with Crippen molar-refractivity contribution >= 4 is 23.4 Å². The number of esters is 1. The monoisotopic (exact) mass is 528 g/mol. The van der Waals surface area contributed by atoms with E-state index in [2.05, 4.69) is 0 Å². The Labute approximate surface area is 228 Å². The van der Waals surface area contributed by atoms with Gasteiger partial charge in [0.2, 0.25) is 0 Å². The first-order chi connectivity index (χ1) is 18.7. The molecule has 1 atom stereocenters. The predicted molar refractivity (Wildman–Crippen MR) is 147 cm³/mol. The van der Waals surface area contributed by atoms with E-state index in [1.807, 2.05) is 50.2 Å². The molecule has 1 heterocycles. The molecule has 3 aromatic rings. The van der Waals surface area contributed by atoms with Gasteiger partial charge in [0, 0.05) is 18.7 Å². The van der Waals surface area contributed by atoms with Crippen molar-refractivity contribution in [3.05, 3.63) is 106 Å². The highest BCUT2D eigenvalue weighted by Crippen LogP contribution is 2.39. The number of rotatable bonds is 9. The summed E-state index contributed by atoms with van der Waals surface area (Å²) in [4.78, 5) is 41.6. The number of nitrogens with zero attached hydrogens (tertiary/aromatic N) is 2. The molecule has 1 fully saturated rings. The van der Waals surface area contributed by atoms with Crippen molar-refractivity contribution < 1.29 is 29.0 Å². The lowest BCUT2D eigenvalue weighted by Crippen LogP contribution is -2.35. The first kappa shape index (κ1) is 27.6. The summed E-state index contributed by atoms with van der Waals surface area (Å²) in [6.07, 6.45) is 0. The highest BCUT2D eigenvalue weighted by Gasteiger charge is 2.45. The molecule has 8 nitrogen and oxygen atoms in total. The molecule has 1 aliphatic heterocycles. The molecule has 4 rings (SSSR count). The maximum absolute atomic E-state index is 13.2. The van der Waals surface area contributed by atoms with Gasteiger partial charge in [-0.2, -0.15) is 0 Å². The maximum atomic E-state index is 13.2. The van der Waals surface area contributed by atoms with Crippen LogP contribution in [-0.2, 0) is 20.9 Å². The molecule has 3 aromatic carbocycles. The van der Waals surface area contributed by atoms with E-state index >= 15 is 0 Å². The van der Waals surface area contributed by atoms with Crippen LogP contribution in [0.25, 0.3) is 5.76 Å². The molecule has 8 heteroatoms. The van der Waals surface area contributed by atoms with Crippen LogP contribution in [0.15, 0.2) is 78.4 Å².